The molecule has 0 radical (unpaired) electrons. The second-order valence-electron chi connectivity index (χ2n) is 8.21. The smallest absolute Gasteiger partial charge is 0.304 e. The van der Waals surface area contributed by atoms with Crippen molar-refractivity contribution in [3.63, 3.8) is 0 Å². The van der Waals surface area contributed by atoms with Crippen molar-refractivity contribution in [3.8, 4) is 0 Å². The zero-order valence-electron chi connectivity index (χ0n) is 17.2. The molecule has 1 aromatic carbocycles. The Kier molecular flexibility index (Phi) is 5.56. The number of fused-ring (bicyclic) bond motifs is 1. The van der Waals surface area contributed by atoms with Gasteiger partial charge in [0.25, 0.3) is 0 Å². The van der Waals surface area contributed by atoms with E-state index in [0.717, 1.165) is 62.2 Å². The lowest BCUT2D eigenvalue weighted by Gasteiger charge is -2.32. The number of carbonyl (C=O) groups excluding carboxylic acids is 2. The van der Waals surface area contributed by atoms with Crippen molar-refractivity contribution >= 4 is 22.8 Å². The monoisotopic (exact) mass is 399 g/mol. The molecule has 0 spiro atoms. The van der Waals surface area contributed by atoms with Crippen LogP contribution in [0.4, 0.5) is 0 Å². The molecule has 156 valence electrons. The summed E-state index contributed by atoms with van der Waals surface area (Å²) >= 11 is 0. The number of imide groups is 1. The van der Waals surface area contributed by atoms with Gasteiger partial charge < -0.3 is 9.80 Å². The van der Waals surface area contributed by atoms with E-state index >= 15 is 0 Å². The van der Waals surface area contributed by atoms with Crippen molar-refractivity contribution in [2.75, 3.05) is 39.8 Å². The number of piperidine rings is 1. The minimum absolute atomic E-state index is 0.207. The number of aryl methyl sites for hydroxylation is 2. The van der Waals surface area contributed by atoms with Gasteiger partial charge in [0.15, 0.2) is 0 Å². The molecule has 4 rings (SSSR count). The molecule has 1 unspecified atom stereocenters. The van der Waals surface area contributed by atoms with Gasteiger partial charge in [0, 0.05) is 39.6 Å². The molecule has 1 atom stereocenters. The maximum atomic E-state index is 13.0. The Hall–Kier alpha value is -2.45. The Bertz CT molecular complexity index is 984. The van der Waals surface area contributed by atoms with E-state index in [0.29, 0.717) is 6.42 Å². The first kappa shape index (κ1) is 19.8. The topological polar surface area (TPSA) is 79.6 Å². The number of likely N-dealkylation sites (N-methyl/N-ethyl adjacent to an activating group) is 1. The van der Waals surface area contributed by atoms with Gasteiger partial charge in [0.1, 0.15) is 6.04 Å². The Balaban J connectivity index is 1.56. The van der Waals surface area contributed by atoms with Crippen LogP contribution in [0, 0.1) is 0 Å². The summed E-state index contributed by atoms with van der Waals surface area (Å²) in [5.74, 6) is -0.666. The number of nitrogens with one attached hydrogen (secondary N) is 1. The minimum atomic E-state index is -0.635. The highest BCUT2D eigenvalue weighted by molar-refractivity contribution is 6.00. The van der Waals surface area contributed by atoms with Crippen LogP contribution in [0.3, 0.4) is 0 Å². The lowest BCUT2D eigenvalue weighted by atomic mass is 10.0. The van der Waals surface area contributed by atoms with Crippen LogP contribution in [0.1, 0.15) is 30.9 Å². The van der Waals surface area contributed by atoms with Gasteiger partial charge in [0.05, 0.1) is 11.0 Å². The van der Waals surface area contributed by atoms with E-state index in [9.17, 15) is 14.4 Å². The van der Waals surface area contributed by atoms with Crippen LogP contribution in [-0.2, 0) is 23.1 Å². The van der Waals surface area contributed by atoms with Crippen molar-refractivity contribution < 1.29 is 9.59 Å². The number of imidazole rings is 1. The minimum Gasteiger partial charge on any atom is -0.304 e. The number of aromatic nitrogens is 2. The molecule has 8 nitrogen and oxygen atoms in total. The van der Waals surface area contributed by atoms with Crippen LogP contribution in [0.25, 0.3) is 11.0 Å². The number of para-hydroxylation sites is 1. The van der Waals surface area contributed by atoms with Gasteiger partial charge >= 0.3 is 5.69 Å². The maximum Gasteiger partial charge on any atom is 0.329 e. The number of carbonyl (C=O) groups is 2. The SMILES string of the molecule is CN1CCN(CCCc2cccc3c2n(C)c(=O)n3C2CCC(=O)NC2=O)CC1. The van der Waals surface area contributed by atoms with Gasteiger partial charge in [-0.3, -0.25) is 24.0 Å². The quantitative estimate of drug-likeness (QED) is 0.741. The summed E-state index contributed by atoms with van der Waals surface area (Å²) in [6, 6.07) is 5.28. The van der Waals surface area contributed by atoms with Gasteiger partial charge in [-0.1, -0.05) is 12.1 Å². The molecule has 2 saturated heterocycles. The number of amides is 2. The fourth-order valence-corrected chi connectivity index (χ4v) is 4.52. The predicted molar refractivity (Wildman–Crippen MR) is 111 cm³/mol. The van der Waals surface area contributed by atoms with E-state index in [1.165, 1.54) is 0 Å². The van der Waals surface area contributed by atoms with Crippen LogP contribution in [0.5, 0.6) is 0 Å². The summed E-state index contributed by atoms with van der Waals surface area (Å²) in [6.07, 6.45) is 2.53. The Morgan fingerprint density at radius 2 is 1.83 bits per heavy atom. The Labute approximate surface area is 170 Å². The number of rotatable bonds is 5. The third kappa shape index (κ3) is 3.86. The van der Waals surface area contributed by atoms with E-state index in [1.807, 2.05) is 12.1 Å². The normalized spacial score (nSPS) is 21.7. The molecule has 2 aliphatic rings. The standard InChI is InChI=1S/C21H29N5O3/c1-23-11-13-25(14-12-23)10-4-6-15-5-3-7-16-19(15)24(2)21(29)26(16)17-8-9-18(27)22-20(17)28/h3,5,7,17H,4,6,8-14H2,1-2H3,(H,22,27,28). The van der Waals surface area contributed by atoms with E-state index in [1.54, 1.807) is 16.2 Å². The van der Waals surface area contributed by atoms with Crippen molar-refractivity contribution in [1.29, 1.82) is 0 Å². The molecule has 0 aliphatic carbocycles. The zero-order chi connectivity index (χ0) is 20.5. The highest BCUT2D eigenvalue weighted by atomic mass is 16.2. The largest absolute Gasteiger partial charge is 0.329 e. The highest BCUT2D eigenvalue weighted by Crippen LogP contribution is 2.25. The maximum absolute atomic E-state index is 13.0. The average Bonchev–Trinajstić information content (AvgIpc) is 2.95. The molecule has 3 heterocycles. The number of nitrogens with zero attached hydrogens (tertiary/aromatic N) is 4. The molecule has 2 aromatic rings. The summed E-state index contributed by atoms with van der Waals surface area (Å²) in [5, 5.41) is 2.36. The molecule has 2 fully saturated rings. The van der Waals surface area contributed by atoms with Crippen LogP contribution < -0.4 is 11.0 Å². The van der Waals surface area contributed by atoms with Gasteiger partial charge in [0.2, 0.25) is 11.8 Å². The molecular weight excluding hydrogens is 370 g/mol. The third-order valence-corrected chi connectivity index (χ3v) is 6.22. The lowest BCUT2D eigenvalue weighted by Crippen LogP contribution is -2.44. The molecule has 0 saturated carbocycles. The first-order valence-corrected chi connectivity index (χ1v) is 10.4. The van der Waals surface area contributed by atoms with Crippen molar-refractivity contribution in [3.05, 3.63) is 34.2 Å². The molecular formula is C21H29N5O3. The van der Waals surface area contributed by atoms with Crippen molar-refractivity contribution in [2.45, 2.75) is 31.7 Å². The number of hydrogen-bond donors (Lipinski definition) is 1. The third-order valence-electron chi connectivity index (χ3n) is 6.22. The van der Waals surface area contributed by atoms with E-state index < -0.39 is 11.9 Å². The molecule has 0 bridgehead atoms. The summed E-state index contributed by atoms with van der Waals surface area (Å²) in [4.78, 5) is 41.7. The zero-order valence-corrected chi connectivity index (χ0v) is 17.2. The van der Waals surface area contributed by atoms with Gasteiger partial charge in [-0.25, -0.2) is 4.79 Å². The Morgan fingerprint density at radius 3 is 2.55 bits per heavy atom. The van der Waals surface area contributed by atoms with Crippen LogP contribution in [0.15, 0.2) is 23.0 Å². The second kappa shape index (κ2) is 8.12. The average molecular weight is 399 g/mol. The predicted octanol–water partition coefficient (Wildman–Crippen LogP) is 0.498. The Morgan fingerprint density at radius 1 is 1.07 bits per heavy atom. The molecule has 29 heavy (non-hydrogen) atoms. The van der Waals surface area contributed by atoms with E-state index in [-0.39, 0.29) is 18.0 Å². The van der Waals surface area contributed by atoms with Crippen LogP contribution in [-0.4, -0.2) is 70.5 Å². The van der Waals surface area contributed by atoms with Gasteiger partial charge in [-0.2, -0.15) is 0 Å². The number of hydrogen-bond acceptors (Lipinski definition) is 5. The fraction of sp³-hybridized carbons (Fsp3) is 0.571. The summed E-state index contributed by atoms with van der Waals surface area (Å²) in [5.41, 5.74) is 2.58. The molecule has 1 N–H and O–H groups in total. The lowest BCUT2D eigenvalue weighted by molar-refractivity contribution is -0.135. The first-order valence-electron chi connectivity index (χ1n) is 10.4. The summed E-state index contributed by atoms with van der Waals surface area (Å²) in [6.45, 7) is 5.47. The van der Waals surface area contributed by atoms with Crippen LogP contribution in [0.2, 0.25) is 0 Å². The fourth-order valence-electron chi connectivity index (χ4n) is 4.52. The number of piperazine rings is 1. The molecule has 1 aromatic heterocycles. The number of benzene rings is 1. The molecule has 8 heteroatoms. The van der Waals surface area contributed by atoms with Crippen molar-refractivity contribution in [1.82, 2.24) is 24.3 Å². The summed E-state index contributed by atoms with van der Waals surface area (Å²) in [7, 11) is 3.92. The van der Waals surface area contributed by atoms with Crippen molar-refractivity contribution in [2.24, 2.45) is 7.05 Å². The first-order chi connectivity index (χ1) is 14.0. The van der Waals surface area contributed by atoms with Crippen LogP contribution >= 0.6 is 0 Å². The summed E-state index contributed by atoms with van der Waals surface area (Å²) < 4.78 is 3.20. The van der Waals surface area contributed by atoms with E-state index in [4.69, 9.17) is 0 Å². The second-order valence-corrected chi connectivity index (χ2v) is 8.21. The van der Waals surface area contributed by atoms with Gasteiger partial charge in [-0.15, -0.1) is 0 Å². The molecule has 2 aliphatic heterocycles. The van der Waals surface area contributed by atoms with E-state index in [2.05, 4.69) is 28.2 Å². The molecule has 2 amide bonds. The highest BCUT2D eigenvalue weighted by Gasteiger charge is 2.31. The van der Waals surface area contributed by atoms with Gasteiger partial charge in [-0.05, 0) is 44.5 Å².